The normalized spacial score (nSPS) is 11.2. The molecule has 28 heavy (non-hydrogen) atoms. The van der Waals surface area contributed by atoms with E-state index in [0.717, 1.165) is 44.9 Å². The molecule has 0 saturated heterocycles. The lowest BCUT2D eigenvalue weighted by atomic mass is 9.96. The first-order valence-corrected chi connectivity index (χ1v) is 10.1. The van der Waals surface area contributed by atoms with Crippen LogP contribution >= 0.6 is 11.3 Å². The van der Waals surface area contributed by atoms with Gasteiger partial charge in [0.05, 0.1) is 5.69 Å². The Morgan fingerprint density at radius 3 is 2.71 bits per heavy atom. The quantitative estimate of drug-likeness (QED) is 0.357. The Bertz CT molecular complexity index is 1160. The molecule has 0 aliphatic heterocycles. The third kappa shape index (κ3) is 3.82. The van der Waals surface area contributed by atoms with Gasteiger partial charge in [0, 0.05) is 45.8 Å². The summed E-state index contributed by atoms with van der Waals surface area (Å²) in [6.45, 7) is 4.06. The first-order chi connectivity index (χ1) is 13.5. The highest BCUT2D eigenvalue weighted by atomic mass is 32.1. The van der Waals surface area contributed by atoms with Crippen molar-refractivity contribution in [3.63, 3.8) is 0 Å². The lowest BCUT2D eigenvalue weighted by molar-refractivity contribution is -0.479. The first kappa shape index (κ1) is 18.4. The highest BCUT2D eigenvalue weighted by molar-refractivity contribution is 7.13. The molecule has 4 aromatic rings. The van der Waals surface area contributed by atoms with E-state index in [4.69, 9.17) is 4.98 Å². The SMILES string of the molecule is Cc1cc(Cc2csc(-c3ccc4[nH]ccc4c3)n2)c(C)cc1CC[N+](=O)[O-]. The van der Waals surface area contributed by atoms with Gasteiger partial charge in [-0.2, -0.15) is 0 Å². The molecule has 0 unspecified atom stereocenters. The number of thiazole rings is 1. The third-order valence-corrected chi connectivity index (χ3v) is 6.02. The van der Waals surface area contributed by atoms with Gasteiger partial charge < -0.3 is 4.98 Å². The zero-order valence-corrected chi connectivity index (χ0v) is 16.7. The summed E-state index contributed by atoms with van der Waals surface area (Å²) >= 11 is 1.66. The van der Waals surface area contributed by atoms with Crippen LogP contribution in [0.25, 0.3) is 21.5 Å². The molecule has 5 nitrogen and oxygen atoms in total. The van der Waals surface area contributed by atoms with Gasteiger partial charge in [0.1, 0.15) is 5.01 Å². The molecule has 0 saturated carbocycles. The molecule has 0 atom stereocenters. The minimum absolute atomic E-state index is 0.0272. The fraction of sp³-hybridized carbons (Fsp3) is 0.227. The average Bonchev–Trinajstić information content (AvgIpc) is 3.31. The van der Waals surface area contributed by atoms with Crippen LogP contribution in [0.1, 0.15) is 27.9 Å². The van der Waals surface area contributed by atoms with E-state index in [1.165, 1.54) is 10.9 Å². The highest BCUT2D eigenvalue weighted by Gasteiger charge is 2.11. The summed E-state index contributed by atoms with van der Waals surface area (Å²) < 4.78 is 0. The van der Waals surface area contributed by atoms with Crippen LogP contribution in [0.4, 0.5) is 0 Å². The van der Waals surface area contributed by atoms with Crippen LogP contribution in [0.2, 0.25) is 0 Å². The highest BCUT2D eigenvalue weighted by Crippen LogP contribution is 2.28. The Hall–Kier alpha value is -2.99. The Morgan fingerprint density at radius 2 is 1.89 bits per heavy atom. The van der Waals surface area contributed by atoms with Gasteiger partial charge in [-0.1, -0.05) is 12.1 Å². The zero-order chi connectivity index (χ0) is 19.7. The van der Waals surface area contributed by atoms with E-state index in [-0.39, 0.29) is 11.5 Å². The molecule has 142 valence electrons. The van der Waals surface area contributed by atoms with Gasteiger partial charge in [-0.25, -0.2) is 4.98 Å². The second-order valence-corrected chi connectivity index (χ2v) is 7.97. The maximum atomic E-state index is 10.6. The number of rotatable bonds is 6. The Morgan fingerprint density at radius 1 is 1.11 bits per heavy atom. The van der Waals surface area contributed by atoms with Crippen molar-refractivity contribution in [3.8, 4) is 10.6 Å². The van der Waals surface area contributed by atoms with Crippen LogP contribution in [0.3, 0.4) is 0 Å². The molecular weight excluding hydrogens is 370 g/mol. The number of aromatic nitrogens is 2. The lowest BCUT2D eigenvalue weighted by Crippen LogP contribution is -2.06. The van der Waals surface area contributed by atoms with E-state index in [1.807, 2.05) is 13.1 Å². The second kappa shape index (κ2) is 7.56. The van der Waals surface area contributed by atoms with Gasteiger partial charge in [0.25, 0.3) is 0 Å². The monoisotopic (exact) mass is 391 g/mol. The molecule has 6 heteroatoms. The molecular formula is C22H21N3O2S. The van der Waals surface area contributed by atoms with Gasteiger partial charge in [0.2, 0.25) is 6.54 Å². The third-order valence-electron chi connectivity index (χ3n) is 5.08. The molecule has 2 heterocycles. The predicted octanol–water partition coefficient (Wildman–Crippen LogP) is 5.32. The molecule has 4 rings (SSSR count). The van der Waals surface area contributed by atoms with Crippen molar-refractivity contribution in [3.05, 3.63) is 86.0 Å². The number of hydrogen-bond acceptors (Lipinski definition) is 4. The number of hydrogen-bond donors (Lipinski definition) is 1. The predicted molar refractivity (Wildman–Crippen MR) is 114 cm³/mol. The van der Waals surface area contributed by atoms with E-state index in [0.29, 0.717) is 6.42 Å². The van der Waals surface area contributed by atoms with Crippen LogP contribution < -0.4 is 0 Å². The molecule has 0 bridgehead atoms. The summed E-state index contributed by atoms with van der Waals surface area (Å²) in [5.74, 6) is 0. The van der Waals surface area contributed by atoms with Crippen LogP contribution in [-0.4, -0.2) is 21.4 Å². The summed E-state index contributed by atoms with van der Waals surface area (Å²) in [6.07, 6.45) is 3.19. The number of aryl methyl sites for hydroxylation is 2. The Labute approximate surface area is 167 Å². The fourth-order valence-corrected chi connectivity index (χ4v) is 4.33. The molecule has 0 aliphatic rings. The molecule has 0 aliphatic carbocycles. The second-order valence-electron chi connectivity index (χ2n) is 7.11. The van der Waals surface area contributed by atoms with Crippen molar-refractivity contribution in [2.75, 3.05) is 6.54 Å². The van der Waals surface area contributed by atoms with Gasteiger partial charge in [-0.3, -0.25) is 10.1 Å². The van der Waals surface area contributed by atoms with Crippen molar-refractivity contribution in [1.82, 2.24) is 9.97 Å². The molecule has 0 amide bonds. The van der Waals surface area contributed by atoms with Crippen LogP contribution in [0.15, 0.2) is 48.0 Å². The number of H-pyrrole nitrogens is 1. The Kier molecular flexibility index (Phi) is 4.96. The number of aromatic amines is 1. The van der Waals surface area contributed by atoms with Crippen molar-refractivity contribution < 1.29 is 4.92 Å². The summed E-state index contributed by atoms with van der Waals surface area (Å²) in [5.41, 5.74) is 7.85. The molecule has 2 aromatic carbocycles. The van der Waals surface area contributed by atoms with Crippen molar-refractivity contribution in [1.29, 1.82) is 0 Å². The first-order valence-electron chi connectivity index (χ1n) is 9.22. The largest absolute Gasteiger partial charge is 0.361 e. The topological polar surface area (TPSA) is 71.8 Å². The van der Waals surface area contributed by atoms with E-state index < -0.39 is 0 Å². The molecule has 0 fully saturated rings. The zero-order valence-electron chi connectivity index (χ0n) is 15.9. The lowest BCUT2D eigenvalue weighted by Gasteiger charge is -2.10. The minimum Gasteiger partial charge on any atom is -0.361 e. The van der Waals surface area contributed by atoms with Gasteiger partial charge in [0.15, 0.2) is 0 Å². The Balaban J connectivity index is 1.55. The summed E-state index contributed by atoms with van der Waals surface area (Å²) in [7, 11) is 0. The van der Waals surface area contributed by atoms with Gasteiger partial charge in [-0.15, -0.1) is 11.3 Å². The van der Waals surface area contributed by atoms with Gasteiger partial charge >= 0.3 is 0 Å². The van der Waals surface area contributed by atoms with Crippen LogP contribution in [-0.2, 0) is 12.8 Å². The summed E-state index contributed by atoms with van der Waals surface area (Å²) in [4.78, 5) is 18.4. The number of nitro groups is 1. The smallest absolute Gasteiger partial charge is 0.207 e. The van der Waals surface area contributed by atoms with Crippen molar-refractivity contribution in [2.45, 2.75) is 26.7 Å². The summed E-state index contributed by atoms with van der Waals surface area (Å²) in [5, 5.41) is 15.0. The van der Waals surface area contributed by atoms with E-state index in [2.05, 4.69) is 53.7 Å². The van der Waals surface area contributed by atoms with Crippen LogP contribution in [0.5, 0.6) is 0 Å². The number of nitrogens with one attached hydrogen (secondary N) is 1. The average molecular weight is 391 g/mol. The van der Waals surface area contributed by atoms with E-state index in [1.54, 1.807) is 11.3 Å². The maximum Gasteiger partial charge on any atom is 0.207 e. The molecule has 0 spiro atoms. The molecule has 2 aromatic heterocycles. The van der Waals surface area contributed by atoms with E-state index in [9.17, 15) is 10.1 Å². The minimum atomic E-state index is -0.260. The fourth-order valence-electron chi connectivity index (χ4n) is 3.51. The van der Waals surface area contributed by atoms with Crippen molar-refractivity contribution >= 4 is 22.2 Å². The number of benzene rings is 2. The van der Waals surface area contributed by atoms with Gasteiger partial charge in [-0.05, 0) is 60.4 Å². The molecule has 1 N–H and O–H groups in total. The standard InChI is InChI=1S/C22H21N3O2S/c1-14-10-19(15(2)9-16(14)6-8-25(26)27)12-20-13-28-22(24-20)18-3-4-21-17(11-18)5-7-23-21/h3-5,7,9-11,13,23H,6,8,12H2,1-2H3. The number of nitrogens with zero attached hydrogens (tertiary/aromatic N) is 2. The maximum absolute atomic E-state index is 10.6. The summed E-state index contributed by atoms with van der Waals surface area (Å²) in [6, 6.07) is 12.6. The molecule has 0 radical (unpaired) electrons. The van der Waals surface area contributed by atoms with E-state index >= 15 is 0 Å². The van der Waals surface area contributed by atoms with Crippen LogP contribution in [0, 0.1) is 24.0 Å². The van der Waals surface area contributed by atoms with Crippen molar-refractivity contribution in [2.24, 2.45) is 0 Å². The number of fused-ring (bicyclic) bond motifs is 1.